The molecule has 1 aromatic carbocycles. The molecule has 1 aromatic rings. The van der Waals surface area contributed by atoms with Crippen LogP contribution >= 0.6 is 0 Å². The third-order valence-corrected chi connectivity index (χ3v) is 6.04. The molecule has 1 atom stereocenters. The summed E-state index contributed by atoms with van der Waals surface area (Å²) in [6.07, 6.45) is -0.383. The standard InChI is InChI=1S/C19H27FN4O5S/c1-10(2)13-7-12(20)8-14(11(3)4)16(13)21-18(26)22-30(28,29)15-9-23(5)19(27)24(6)17(15)25/h7-11,19,27H,1-6H3,(H2,21,22,26). The van der Waals surface area contributed by atoms with E-state index in [1.807, 2.05) is 32.4 Å². The van der Waals surface area contributed by atoms with E-state index in [0.717, 1.165) is 16.0 Å². The molecule has 0 spiro atoms. The van der Waals surface area contributed by atoms with Crippen molar-refractivity contribution in [2.24, 2.45) is 0 Å². The number of amides is 3. The molecule has 30 heavy (non-hydrogen) atoms. The Hall–Kier alpha value is -2.66. The van der Waals surface area contributed by atoms with Crippen molar-refractivity contribution in [1.29, 1.82) is 0 Å². The van der Waals surface area contributed by atoms with E-state index >= 15 is 0 Å². The van der Waals surface area contributed by atoms with Gasteiger partial charge in [0, 0.05) is 26.0 Å². The van der Waals surface area contributed by atoms with Gasteiger partial charge in [0.05, 0.1) is 0 Å². The van der Waals surface area contributed by atoms with Crippen LogP contribution in [0.15, 0.2) is 23.2 Å². The van der Waals surface area contributed by atoms with Gasteiger partial charge in [0.1, 0.15) is 5.82 Å². The van der Waals surface area contributed by atoms with Crippen LogP contribution in [0.25, 0.3) is 0 Å². The highest BCUT2D eigenvalue weighted by Gasteiger charge is 2.37. The zero-order valence-electron chi connectivity index (χ0n) is 17.7. The monoisotopic (exact) mass is 442 g/mol. The van der Waals surface area contributed by atoms with Gasteiger partial charge in [0.15, 0.2) is 4.91 Å². The zero-order chi connectivity index (χ0) is 23.0. The lowest BCUT2D eigenvalue weighted by molar-refractivity contribution is -0.146. The highest BCUT2D eigenvalue weighted by atomic mass is 32.2. The Morgan fingerprint density at radius 3 is 2.10 bits per heavy atom. The SMILES string of the molecule is CC(C)c1cc(F)cc(C(C)C)c1NC(=O)NS(=O)(=O)C1=CN(C)C(O)N(C)C1=O. The lowest BCUT2D eigenvalue weighted by atomic mass is 9.92. The third-order valence-electron chi connectivity index (χ3n) is 4.73. The lowest BCUT2D eigenvalue weighted by Gasteiger charge is -2.35. The number of anilines is 1. The number of benzene rings is 1. The van der Waals surface area contributed by atoms with Gasteiger partial charge in [0.2, 0.25) is 6.35 Å². The van der Waals surface area contributed by atoms with Crippen molar-refractivity contribution >= 4 is 27.6 Å². The van der Waals surface area contributed by atoms with Gasteiger partial charge in [0.25, 0.3) is 15.9 Å². The van der Waals surface area contributed by atoms with E-state index < -0.39 is 39.0 Å². The molecule has 0 fully saturated rings. The minimum absolute atomic E-state index is 0.142. The van der Waals surface area contributed by atoms with Gasteiger partial charge in [-0.05, 0) is 35.1 Å². The molecule has 0 radical (unpaired) electrons. The quantitative estimate of drug-likeness (QED) is 0.642. The molecule has 0 saturated heterocycles. The maximum atomic E-state index is 14.0. The van der Waals surface area contributed by atoms with Gasteiger partial charge < -0.3 is 15.3 Å². The van der Waals surface area contributed by atoms with Gasteiger partial charge >= 0.3 is 6.03 Å². The maximum absolute atomic E-state index is 14.0. The number of halogens is 1. The Morgan fingerprint density at radius 2 is 1.63 bits per heavy atom. The second-order valence-electron chi connectivity index (χ2n) is 7.75. The van der Waals surface area contributed by atoms with Crippen molar-refractivity contribution in [2.75, 3.05) is 19.4 Å². The third kappa shape index (κ3) is 4.73. The molecule has 0 saturated carbocycles. The van der Waals surface area contributed by atoms with Gasteiger partial charge in [-0.1, -0.05) is 27.7 Å². The van der Waals surface area contributed by atoms with E-state index in [1.54, 1.807) is 0 Å². The molecule has 3 amide bonds. The second-order valence-corrected chi connectivity index (χ2v) is 9.40. The van der Waals surface area contributed by atoms with Crippen LogP contribution in [-0.2, 0) is 14.8 Å². The number of nitrogens with one attached hydrogen (secondary N) is 2. The number of hydrogen-bond acceptors (Lipinski definition) is 6. The highest BCUT2D eigenvalue weighted by molar-refractivity contribution is 7.94. The zero-order valence-corrected chi connectivity index (χ0v) is 18.5. The summed E-state index contributed by atoms with van der Waals surface area (Å²) in [6, 6.07) is 1.49. The first-order chi connectivity index (χ1) is 13.8. The molecule has 1 heterocycles. The fourth-order valence-electron chi connectivity index (χ4n) is 3.06. The summed E-state index contributed by atoms with van der Waals surface area (Å²) in [5.74, 6) is -1.70. The van der Waals surface area contributed by atoms with E-state index in [0.29, 0.717) is 16.8 Å². The molecular formula is C19H27FN4O5S. The molecule has 11 heteroatoms. The lowest BCUT2D eigenvalue weighted by Crippen LogP contribution is -2.52. The summed E-state index contributed by atoms with van der Waals surface area (Å²) in [4.78, 5) is 26.0. The molecule has 3 N–H and O–H groups in total. The Labute approximate surface area is 175 Å². The second kappa shape index (κ2) is 8.60. The fourth-order valence-corrected chi connectivity index (χ4v) is 4.15. The van der Waals surface area contributed by atoms with Crippen LogP contribution in [0.4, 0.5) is 14.9 Å². The fraction of sp³-hybridized carbons (Fsp3) is 0.474. The van der Waals surface area contributed by atoms with Crippen LogP contribution in [0, 0.1) is 5.82 Å². The number of rotatable bonds is 5. The Morgan fingerprint density at radius 1 is 1.13 bits per heavy atom. The van der Waals surface area contributed by atoms with Crippen molar-refractivity contribution in [3.05, 3.63) is 40.2 Å². The first kappa shape index (κ1) is 23.6. The minimum atomic E-state index is -4.53. The van der Waals surface area contributed by atoms with Crippen molar-refractivity contribution in [2.45, 2.75) is 45.9 Å². The van der Waals surface area contributed by atoms with E-state index in [4.69, 9.17) is 0 Å². The number of hydrogen-bond donors (Lipinski definition) is 3. The van der Waals surface area contributed by atoms with E-state index in [9.17, 15) is 27.5 Å². The Bertz CT molecular complexity index is 962. The number of urea groups is 1. The average Bonchev–Trinajstić information content (AvgIpc) is 2.62. The van der Waals surface area contributed by atoms with E-state index in [1.165, 1.54) is 26.2 Å². The van der Waals surface area contributed by atoms with Crippen LogP contribution in [-0.4, -0.2) is 55.7 Å². The number of sulfonamides is 1. The number of aliphatic hydroxyl groups excluding tert-OH is 1. The van der Waals surface area contributed by atoms with Crippen molar-refractivity contribution in [3.63, 3.8) is 0 Å². The summed E-state index contributed by atoms with van der Waals surface area (Å²) < 4.78 is 41.1. The average molecular weight is 443 g/mol. The number of aliphatic hydroxyl groups is 1. The van der Waals surface area contributed by atoms with Crippen molar-refractivity contribution in [3.8, 4) is 0 Å². The summed E-state index contributed by atoms with van der Waals surface area (Å²) in [7, 11) is -1.92. The van der Waals surface area contributed by atoms with Crippen molar-refractivity contribution < 1.29 is 27.5 Å². The van der Waals surface area contributed by atoms with Crippen LogP contribution in [0.5, 0.6) is 0 Å². The highest BCUT2D eigenvalue weighted by Crippen LogP contribution is 2.33. The molecule has 9 nitrogen and oxygen atoms in total. The summed E-state index contributed by atoms with van der Waals surface area (Å²) in [5.41, 5.74) is 1.35. The van der Waals surface area contributed by atoms with Crippen LogP contribution in [0.3, 0.4) is 0 Å². The number of carbonyl (C=O) groups is 2. The molecule has 0 bridgehead atoms. The largest absolute Gasteiger partial charge is 0.356 e. The molecular weight excluding hydrogens is 415 g/mol. The van der Waals surface area contributed by atoms with Crippen molar-refractivity contribution in [1.82, 2.24) is 14.5 Å². The molecule has 166 valence electrons. The molecule has 1 unspecified atom stereocenters. The molecule has 1 aliphatic heterocycles. The molecule has 0 aliphatic carbocycles. The van der Waals surface area contributed by atoms with Gasteiger partial charge in [-0.15, -0.1) is 0 Å². The van der Waals surface area contributed by atoms with Gasteiger partial charge in [-0.3, -0.25) is 9.69 Å². The van der Waals surface area contributed by atoms with Crippen LogP contribution < -0.4 is 10.0 Å². The predicted molar refractivity (Wildman–Crippen MR) is 110 cm³/mol. The van der Waals surface area contributed by atoms with Gasteiger partial charge in [-0.25, -0.2) is 22.3 Å². The molecule has 0 aromatic heterocycles. The predicted octanol–water partition coefficient (Wildman–Crippen LogP) is 2.04. The first-order valence-corrected chi connectivity index (χ1v) is 10.8. The van der Waals surface area contributed by atoms with Crippen LogP contribution in [0.1, 0.15) is 50.7 Å². The first-order valence-electron chi connectivity index (χ1n) is 9.32. The maximum Gasteiger partial charge on any atom is 0.333 e. The normalized spacial score (nSPS) is 17.5. The minimum Gasteiger partial charge on any atom is -0.356 e. The molecule has 2 rings (SSSR count). The topological polar surface area (TPSA) is 119 Å². The summed E-state index contributed by atoms with van der Waals surface area (Å²) >= 11 is 0. The van der Waals surface area contributed by atoms with E-state index in [-0.39, 0.29) is 11.8 Å². The summed E-state index contributed by atoms with van der Waals surface area (Å²) in [5, 5.41) is 12.3. The smallest absolute Gasteiger partial charge is 0.333 e. The summed E-state index contributed by atoms with van der Waals surface area (Å²) in [6.45, 7) is 7.28. The number of nitrogens with zero attached hydrogens (tertiary/aromatic N) is 2. The Kier molecular flexibility index (Phi) is 6.77. The number of carbonyl (C=O) groups excluding carboxylic acids is 2. The number of likely N-dealkylation sites (N-methyl/N-ethyl adjacent to an activating group) is 1. The Balaban J connectivity index is 2.36. The van der Waals surface area contributed by atoms with E-state index in [2.05, 4.69) is 5.32 Å². The van der Waals surface area contributed by atoms with Crippen LogP contribution in [0.2, 0.25) is 0 Å². The molecule has 1 aliphatic rings. The van der Waals surface area contributed by atoms with Gasteiger partial charge in [-0.2, -0.15) is 0 Å².